The average molecular weight is 466 g/mol. The van der Waals surface area contributed by atoms with Crippen LogP contribution in [0.4, 0.5) is 0 Å². The predicted octanol–water partition coefficient (Wildman–Crippen LogP) is 5.60. The Labute approximate surface area is 206 Å². The average Bonchev–Trinajstić information content (AvgIpc) is 3.17. The molecule has 5 heteroatoms. The fourth-order valence-electron chi connectivity index (χ4n) is 4.35. The van der Waals surface area contributed by atoms with Gasteiger partial charge in [-0.25, -0.2) is 5.43 Å². The molecule has 0 aliphatic carbocycles. The van der Waals surface area contributed by atoms with Crippen LogP contribution in [-0.4, -0.2) is 21.8 Å². The molecule has 0 aliphatic rings. The number of hydrazone groups is 1. The van der Waals surface area contributed by atoms with E-state index >= 15 is 0 Å². The third-order valence-electron chi connectivity index (χ3n) is 6.37. The Kier molecular flexibility index (Phi) is 6.99. The van der Waals surface area contributed by atoms with Crippen molar-refractivity contribution in [3.05, 3.63) is 125 Å². The van der Waals surface area contributed by atoms with Gasteiger partial charge in [-0.2, -0.15) is 5.10 Å². The molecule has 4 aromatic rings. The minimum atomic E-state index is -1.87. The lowest BCUT2D eigenvalue weighted by molar-refractivity contribution is -0.136. The lowest BCUT2D eigenvalue weighted by Gasteiger charge is -2.27. The van der Waals surface area contributed by atoms with Crippen molar-refractivity contribution in [2.24, 2.45) is 5.10 Å². The van der Waals surface area contributed by atoms with E-state index in [9.17, 15) is 9.90 Å². The summed E-state index contributed by atoms with van der Waals surface area (Å²) in [5, 5.41) is 15.7. The van der Waals surface area contributed by atoms with E-state index < -0.39 is 11.5 Å². The van der Waals surface area contributed by atoms with Gasteiger partial charge in [-0.3, -0.25) is 4.79 Å². The van der Waals surface area contributed by atoms with Crippen LogP contribution in [0, 0.1) is 13.8 Å². The van der Waals surface area contributed by atoms with E-state index in [0.717, 1.165) is 22.6 Å². The molecular weight excluding hydrogens is 434 g/mol. The van der Waals surface area contributed by atoms with E-state index in [-0.39, 0.29) is 0 Å². The Hall–Kier alpha value is -3.96. The fourth-order valence-corrected chi connectivity index (χ4v) is 4.35. The smallest absolute Gasteiger partial charge is 0.281 e. The molecule has 0 aliphatic heterocycles. The summed E-state index contributed by atoms with van der Waals surface area (Å²) in [4.78, 5) is 13.2. The summed E-state index contributed by atoms with van der Waals surface area (Å²) in [6.45, 7) is 8.43. The van der Waals surface area contributed by atoms with E-state index in [0.29, 0.717) is 17.0 Å². The molecule has 35 heavy (non-hydrogen) atoms. The maximum absolute atomic E-state index is 13.2. The van der Waals surface area contributed by atoms with Crippen LogP contribution in [0.25, 0.3) is 5.69 Å². The van der Waals surface area contributed by atoms with Gasteiger partial charge >= 0.3 is 0 Å². The molecule has 0 unspecified atom stereocenters. The molecule has 0 radical (unpaired) electrons. The first-order valence-electron chi connectivity index (χ1n) is 11.8. The van der Waals surface area contributed by atoms with Gasteiger partial charge < -0.3 is 9.67 Å². The summed E-state index contributed by atoms with van der Waals surface area (Å²) in [6, 6.07) is 28.4. The monoisotopic (exact) mass is 465 g/mol. The van der Waals surface area contributed by atoms with E-state index in [4.69, 9.17) is 0 Å². The van der Waals surface area contributed by atoms with E-state index in [1.807, 2.05) is 32.0 Å². The number of hydrogen-bond acceptors (Lipinski definition) is 3. The summed E-state index contributed by atoms with van der Waals surface area (Å²) >= 11 is 0. The fraction of sp³-hybridized carbons (Fsp3) is 0.200. The Morgan fingerprint density at radius 2 is 1.46 bits per heavy atom. The molecule has 3 aromatic carbocycles. The zero-order chi connectivity index (χ0) is 25.0. The van der Waals surface area contributed by atoms with Crippen molar-refractivity contribution < 1.29 is 9.90 Å². The van der Waals surface area contributed by atoms with Gasteiger partial charge in [-0.1, -0.05) is 86.6 Å². The quantitative estimate of drug-likeness (QED) is 0.275. The molecule has 1 amide bonds. The third kappa shape index (κ3) is 4.81. The van der Waals surface area contributed by atoms with Gasteiger partial charge in [-0.15, -0.1) is 0 Å². The summed E-state index contributed by atoms with van der Waals surface area (Å²) < 4.78 is 2.16. The number of carbonyl (C=O) groups excluding carboxylic acids is 1. The molecule has 0 bridgehead atoms. The number of rotatable bonds is 7. The molecule has 1 heterocycles. The maximum Gasteiger partial charge on any atom is 0.281 e. The molecule has 178 valence electrons. The van der Waals surface area contributed by atoms with Crippen molar-refractivity contribution in [1.29, 1.82) is 0 Å². The molecule has 0 spiro atoms. The summed E-state index contributed by atoms with van der Waals surface area (Å²) in [5.74, 6) is -0.142. The van der Waals surface area contributed by atoms with Gasteiger partial charge in [-0.05, 0) is 54.7 Å². The van der Waals surface area contributed by atoms with E-state index in [1.54, 1.807) is 54.7 Å². The largest absolute Gasteiger partial charge is 0.372 e. The zero-order valence-corrected chi connectivity index (χ0v) is 20.6. The molecular formula is C30H31N3O2. The molecule has 0 saturated carbocycles. The van der Waals surface area contributed by atoms with E-state index in [2.05, 4.69) is 53.2 Å². The Morgan fingerprint density at radius 3 is 1.97 bits per heavy atom. The lowest BCUT2D eigenvalue weighted by Crippen LogP contribution is -2.43. The number of benzene rings is 3. The first kappa shape index (κ1) is 24.2. The van der Waals surface area contributed by atoms with Crippen LogP contribution in [0.1, 0.15) is 53.4 Å². The number of nitrogens with one attached hydrogen (secondary N) is 1. The first-order valence-corrected chi connectivity index (χ1v) is 11.8. The van der Waals surface area contributed by atoms with Crippen LogP contribution in [0.15, 0.2) is 96.1 Å². The number of nitrogens with zero attached hydrogens (tertiary/aromatic N) is 2. The minimum Gasteiger partial charge on any atom is -0.372 e. The molecule has 2 N–H and O–H groups in total. The molecule has 0 saturated heterocycles. The molecule has 5 nitrogen and oxygen atoms in total. The van der Waals surface area contributed by atoms with Gasteiger partial charge in [0.05, 0.1) is 6.21 Å². The molecule has 1 aromatic heterocycles. The summed E-state index contributed by atoms with van der Waals surface area (Å²) in [6.07, 6.45) is 1.62. The van der Waals surface area contributed by atoms with Crippen molar-refractivity contribution >= 4 is 12.1 Å². The highest BCUT2D eigenvalue weighted by molar-refractivity contribution is 5.91. The standard InChI is InChI=1S/C30H31N3O2/c1-21(2)24-15-17-28(18-16-24)33-22(3)19-25(23(33)4)20-31-32-29(34)30(35,26-11-7-5-8-12-26)27-13-9-6-10-14-27/h5-21,35H,1-4H3,(H,32,34). The minimum absolute atomic E-state index is 0.474. The van der Waals surface area contributed by atoms with Crippen molar-refractivity contribution in [1.82, 2.24) is 9.99 Å². The maximum atomic E-state index is 13.2. The third-order valence-corrected chi connectivity index (χ3v) is 6.37. The topological polar surface area (TPSA) is 66.6 Å². The van der Waals surface area contributed by atoms with Gasteiger partial charge in [0.15, 0.2) is 5.60 Å². The lowest BCUT2D eigenvalue weighted by atomic mass is 9.85. The van der Waals surface area contributed by atoms with Crippen LogP contribution in [0.5, 0.6) is 0 Å². The van der Waals surface area contributed by atoms with Crippen LogP contribution in [-0.2, 0) is 10.4 Å². The van der Waals surface area contributed by atoms with Crippen LogP contribution < -0.4 is 5.43 Å². The van der Waals surface area contributed by atoms with Crippen molar-refractivity contribution in [2.75, 3.05) is 0 Å². The number of aryl methyl sites for hydroxylation is 1. The highest BCUT2D eigenvalue weighted by Crippen LogP contribution is 2.30. The molecule has 0 atom stereocenters. The second-order valence-electron chi connectivity index (χ2n) is 9.05. The Balaban J connectivity index is 1.59. The first-order chi connectivity index (χ1) is 16.8. The second kappa shape index (κ2) is 10.1. The Morgan fingerprint density at radius 1 is 0.914 bits per heavy atom. The Bertz CT molecular complexity index is 1280. The number of carbonyl (C=O) groups is 1. The predicted molar refractivity (Wildman–Crippen MR) is 141 cm³/mol. The van der Waals surface area contributed by atoms with Gasteiger partial charge in [0, 0.05) is 22.6 Å². The SMILES string of the molecule is Cc1cc(C=NNC(=O)C(O)(c2ccccc2)c2ccccc2)c(C)n1-c1ccc(C(C)C)cc1. The van der Waals surface area contributed by atoms with Crippen LogP contribution in [0.3, 0.4) is 0 Å². The number of amides is 1. The number of hydrogen-bond donors (Lipinski definition) is 2. The van der Waals surface area contributed by atoms with Crippen molar-refractivity contribution in [2.45, 2.75) is 39.2 Å². The normalized spacial score (nSPS) is 11.8. The zero-order valence-electron chi connectivity index (χ0n) is 20.6. The second-order valence-corrected chi connectivity index (χ2v) is 9.05. The van der Waals surface area contributed by atoms with Gasteiger partial charge in [0.1, 0.15) is 0 Å². The number of aromatic nitrogens is 1. The summed E-state index contributed by atoms with van der Waals surface area (Å²) in [7, 11) is 0. The molecule has 4 rings (SSSR count). The van der Waals surface area contributed by atoms with Crippen LogP contribution >= 0.6 is 0 Å². The highest BCUT2D eigenvalue weighted by Gasteiger charge is 2.39. The van der Waals surface area contributed by atoms with Gasteiger partial charge in [0.2, 0.25) is 0 Å². The number of aliphatic hydroxyl groups is 1. The van der Waals surface area contributed by atoms with E-state index in [1.165, 1.54) is 5.56 Å². The van der Waals surface area contributed by atoms with Crippen LogP contribution in [0.2, 0.25) is 0 Å². The van der Waals surface area contributed by atoms with Crippen molar-refractivity contribution in [3.8, 4) is 5.69 Å². The summed E-state index contributed by atoms with van der Waals surface area (Å²) in [5.41, 5.74) is 6.98. The van der Waals surface area contributed by atoms with Crippen molar-refractivity contribution in [3.63, 3.8) is 0 Å². The highest BCUT2D eigenvalue weighted by atomic mass is 16.3. The molecule has 0 fully saturated rings. The van der Waals surface area contributed by atoms with Gasteiger partial charge in [0.25, 0.3) is 5.91 Å².